The number of benzene rings is 2. The topological polar surface area (TPSA) is 73.9 Å². The molecule has 0 spiro atoms. The summed E-state index contributed by atoms with van der Waals surface area (Å²) >= 11 is 0. The minimum Gasteiger partial charge on any atom is -0.497 e. The van der Waals surface area contributed by atoms with Crippen molar-refractivity contribution in [3.8, 4) is 5.75 Å². The van der Waals surface area contributed by atoms with Gasteiger partial charge in [0.1, 0.15) is 5.75 Å². The molecular weight excluding hydrogens is 356 g/mol. The highest BCUT2D eigenvalue weighted by Gasteiger charge is 2.14. The normalized spacial score (nSPS) is 14.4. The number of carbonyl (C=O) groups excluding carboxylic acids is 2. The van der Waals surface area contributed by atoms with E-state index < -0.39 is 0 Å². The smallest absolute Gasteiger partial charge is 0.251 e. The van der Waals surface area contributed by atoms with E-state index in [2.05, 4.69) is 27.5 Å². The highest BCUT2D eigenvalue weighted by molar-refractivity contribution is 5.99. The third-order valence-electron chi connectivity index (χ3n) is 4.76. The van der Waals surface area contributed by atoms with E-state index in [1.54, 1.807) is 31.4 Å². The second kappa shape index (κ2) is 9.23. The van der Waals surface area contributed by atoms with Gasteiger partial charge in [-0.25, -0.2) is 0 Å². The SMILES string of the molecule is COc1cccc(C(=O)NCC(=O)Nc2ccc(N3CCN(C)CC3)cc2)c1. The lowest BCUT2D eigenvalue weighted by atomic mass is 10.2. The molecule has 0 unspecified atom stereocenters. The first kappa shape index (κ1) is 19.7. The second-order valence-corrected chi connectivity index (χ2v) is 6.80. The number of amides is 2. The zero-order valence-electron chi connectivity index (χ0n) is 16.3. The molecule has 0 radical (unpaired) electrons. The van der Waals surface area contributed by atoms with Crippen LogP contribution in [0.5, 0.6) is 5.75 Å². The van der Waals surface area contributed by atoms with Gasteiger partial charge in [0, 0.05) is 43.1 Å². The summed E-state index contributed by atoms with van der Waals surface area (Å²) in [6.07, 6.45) is 0. The van der Waals surface area contributed by atoms with E-state index >= 15 is 0 Å². The summed E-state index contributed by atoms with van der Waals surface area (Å²) in [6.45, 7) is 3.99. The van der Waals surface area contributed by atoms with Crippen molar-refractivity contribution in [3.63, 3.8) is 0 Å². The van der Waals surface area contributed by atoms with Crippen molar-refractivity contribution in [1.82, 2.24) is 10.2 Å². The standard InChI is InChI=1S/C21H26N4O3/c1-24-10-12-25(13-11-24)18-8-6-17(7-9-18)23-20(26)15-22-21(27)16-4-3-5-19(14-16)28-2/h3-9,14H,10-13,15H2,1-2H3,(H,22,27)(H,23,26). The summed E-state index contributed by atoms with van der Waals surface area (Å²) in [5.74, 6) is 0.000555. The van der Waals surface area contributed by atoms with E-state index in [4.69, 9.17) is 4.74 Å². The number of methoxy groups -OCH3 is 1. The van der Waals surface area contributed by atoms with Crippen molar-refractivity contribution < 1.29 is 14.3 Å². The first-order valence-electron chi connectivity index (χ1n) is 9.31. The maximum atomic E-state index is 12.2. The van der Waals surface area contributed by atoms with Crippen LogP contribution in [0.4, 0.5) is 11.4 Å². The summed E-state index contributed by atoms with van der Waals surface area (Å²) in [6, 6.07) is 14.6. The van der Waals surface area contributed by atoms with Crippen molar-refractivity contribution in [2.24, 2.45) is 0 Å². The van der Waals surface area contributed by atoms with Crippen LogP contribution in [0, 0.1) is 0 Å². The summed E-state index contributed by atoms with van der Waals surface area (Å²) in [5.41, 5.74) is 2.31. The molecular formula is C21H26N4O3. The Hall–Kier alpha value is -3.06. The minimum atomic E-state index is -0.320. The maximum Gasteiger partial charge on any atom is 0.251 e. The Kier molecular flexibility index (Phi) is 6.49. The van der Waals surface area contributed by atoms with Crippen molar-refractivity contribution >= 4 is 23.2 Å². The van der Waals surface area contributed by atoms with Crippen LogP contribution in [-0.4, -0.2) is 63.6 Å². The van der Waals surface area contributed by atoms with Crippen LogP contribution >= 0.6 is 0 Å². The van der Waals surface area contributed by atoms with Crippen LogP contribution in [0.25, 0.3) is 0 Å². The largest absolute Gasteiger partial charge is 0.497 e. The Morgan fingerprint density at radius 2 is 1.75 bits per heavy atom. The maximum absolute atomic E-state index is 12.2. The molecule has 7 heteroatoms. The summed E-state index contributed by atoms with van der Waals surface area (Å²) in [5, 5.41) is 5.42. The van der Waals surface area contributed by atoms with Crippen LogP contribution < -0.4 is 20.3 Å². The molecule has 1 fully saturated rings. The predicted molar refractivity (Wildman–Crippen MR) is 110 cm³/mol. The number of likely N-dealkylation sites (N-methyl/N-ethyl adjacent to an activating group) is 1. The van der Waals surface area contributed by atoms with Gasteiger partial charge < -0.3 is 25.2 Å². The third kappa shape index (κ3) is 5.23. The zero-order valence-corrected chi connectivity index (χ0v) is 16.3. The van der Waals surface area contributed by atoms with E-state index in [9.17, 15) is 9.59 Å². The molecule has 2 aromatic rings. The zero-order chi connectivity index (χ0) is 19.9. The number of hydrogen-bond donors (Lipinski definition) is 2. The van der Waals surface area contributed by atoms with Crippen molar-refractivity contribution in [2.45, 2.75) is 0 Å². The summed E-state index contributed by atoms with van der Waals surface area (Å²) < 4.78 is 5.10. The second-order valence-electron chi connectivity index (χ2n) is 6.80. The van der Waals surface area contributed by atoms with Gasteiger partial charge in [-0.15, -0.1) is 0 Å². The van der Waals surface area contributed by atoms with Gasteiger partial charge in [-0.3, -0.25) is 9.59 Å². The number of nitrogens with one attached hydrogen (secondary N) is 2. The lowest BCUT2D eigenvalue weighted by molar-refractivity contribution is -0.115. The highest BCUT2D eigenvalue weighted by Crippen LogP contribution is 2.19. The Labute approximate surface area is 165 Å². The molecule has 0 atom stereocenters. The van der Waals surface area contributed by atoms with Crippen molar-refractivity contribution in [2.75, 3.05) is 57.1 Å². The molecule has 0 aromatic heterocycles. The first-order valence-corrected chi connectivity index (χ1v) is 9.31. The van der Waals surface area contributed by atoms with Crippen molar-refractivity contribution in [3.05, 3.63) is 54.1 Å². The van der Waals surface area contributed by atoms with E-state index in [0.29, 0.717) is 17.0 Å². The Bertz CT molecular complexity index is 815. The van der Waals surface area contributed by atoms with Crippen LogP contribution in [0.2, 0.25) is 0 Å². The molecule has 2 amide bonds. The van der Waals surface area contributed by atoms with Gasteiger partial charge >= 0.3 is 0 Å². The molecule has 1 heterocycles. The van der Waals surface area contributed by atoms with Crippen LogP contribution in [0.15, 0.2) is 48.5 Å². The fourth-order valence-corrected chi connectivity index (χ4v) is 3.05. The lowest BCUT2D eigenvalue weighted by Crippen LogP contribution is -2.44. The van der Waals surface area contributed by atoms with Crippen LogP contribution in [0.3, 0.4) is 0 Å². The molecule has 2 aromatic carbocycles. The molecule has 7 nitrogen and oxygen atoms in total. The number of anilines is 2. The molecule has 0 bridgehead atoms. The average molecular weight is 382 g/mol. The fraction of sp³-hybridized carbons (Fsp3) is 0.333. The molecule has 1 aliphatic heterocycles. The lowest BCUT2D eigenvalue weighted by Gasteiger charge is -2.34. The molecule has 28 heavy (non-hydrogen) atoms. The quantitative estimate of drug-likeness (QED) is 0.797. The van der Waals surface area contributed by atoms with E-state index in [1.807, 2.05) is 24.3 Å². The van der Waals surface area contributed by atoms with E-state index in [-0.39, 0.29) is 18.4 Å². The van der Waals surface area contributed by atoms with E-state index in [0.717, 1.165) is 31.9 Å². The Morgan fingerprint density at radius 3 is 2.43 bits per heavy atom. The highest BCUT2D eigenvalue weighted by atomic mass is 16.5. The van der Waals surface area contributed by atoms with Gasteiger partial charge in [0.25, 0.3) is 5.91 Å². The number of carbonyl (C=O) groups is 2. The average Bonchev–Trinajstić information content (AvgIpc) is 2.73. The Balaban J connectivity index is 1.48. The first-order chi connectivity index (χ1) is 13.5. The van der Waals surface area contributed by atoms with Crippen LogP contribution in [0.1, 0.15) is 10.4 Å². The molecule has 2 N–H and O–H groups in total. The molecule has 3 rings (SSSR count). The van der Waals surface area contributed by atoms with Gasteiger partial charge in [-0.1, -0.05) is 6.07 Å². The van der Waals surface area contributed by atoms with Crippen molar-refractivity contribution in [1.29, 1.82) is 0 Å². The number of piperazine rings is 1. The number of hydrogen-bond acceptors (Lipinski definition) is 5. The number of nitrogens with zero attached hydrogens (tertiary/aromatic N) is 2. The van der Waals surface area contributed by atoms with E-state index in [1.165, 1.54) is 0 Å². The fourth-order valence-electron chi connectivity index (χ4n) is 3.05. The molecule has 148 valence electrons. The molecule has 1 aliphatic rings. The monoisotopic (exact) mass is 382 g/mol. The molecule has 0 saturated carbocycles. The summed E-state index contributed by atoms with van der Waals surface area (Å²) in [4.78, 5) is 28.9. The molecule has 0 aliphatic carbocycles. The minimum absolute atomic E-state index is 0.101. The third-order valence-corrected chi connectivity index (χ3v) is 4.76. The van der Waals surface area contributed by atoms with Gasteiger partial charge in [0.05, 0.1) is 13.7 Å². The Morgan fingerprint density at radius 1 is 1.04 bits per heavy atom. The van der Waals surface area contributed by atoms with Gasteiger partial charge in [0.15, 0.2) is 0 Å². The molecule has 1 saturated heterocycles. The van der Waals surface area contributed by atoms with Gasteiger partial charge in [0.2, 0.25) is 5.91 Å². The summed E-state index contributed by atoms with van der Waals surface area (Å²) in [7, 11) is 3.67. The van der Waals surface area contributed by atoms with Crippen LogP contribution in [-0.2, 0) is 4.79 Å². The van der Waals surface area contributed by atoms with Gasteiger partial charge in [-0.2, -0.15) is 0 Å². The van der Waals surface area contributed by atoms with Gasteiger partial charge in [-0.05, 0) is 49.5 Å². The number of ether oxygens (including phenoxy) is 1. The number of rotatable bonds is 6. The predicted octanol–water partition coefficient (Wildman–Crippen LogP) is 1.82.